The van der Waals surface area contributed by atoms with Gasteiger partial charge >= 0.3 is 0 Å². The Morgan fingerprint density at radius 1 is 1.05 bits per heavy atom. The quantitative estimate of drug-likeness (QED) is 0.669. The van der Waals surface area contributed by atoms with Gasteiger partial charge in [0.15, 0.2) is 0 Å². The van der Waals surface area contributed by atoms with Gasteiger partial charge in [0.1, 0.15) is 5.78 Å². The second-order valence-electron chi connectivity index (χ2n) is 7.72. The van der Waals surface area contributed by atoms with Crippen LogP contribution in [0, 0.1) is 16.7 Å². The minimum atomic E-state index is 0.0648. The Morgan fingerprint density at radius 2 is 1.80 bits per heavy atom. The van der Waals surface area contributed by atoms with E-state index in [2.05, 4.69) is 57.2 Å². The molecular formula is C19H24O. The van der Waals surface area contributed by atoms with Crippen LogP contribution in [-0.2, 0) is 4.79 Å². The average molecular weight is 268 g/mol. The molecule has 0 radical (unpaired) electrons. The number of Topliss-reactive ketones (excluding diaryl/α,β-unsaturated/α-hetero) is 1. The van der Waals surface area contributed by atoms with Crippen LogP contribution in [-0.4, -0.2) is 5.78 Å². The molecule has 0 heterocycles. The van der Waals surface area contributed by atoms with Crippen molar-refractivity contribution in [3.05, 3.63) is 47.6 Å². The molecule has 1 nitrogen and oxygen atoms in total. The van der Waals surface area contributed by atoms with Crippen molar-refractivity contribution in [2.24, 2.45) is 16.7 Å². The summed E-state index contributed by atoms with van der Waals surface area (Å²) in [6.07, 6.45) is 17.2. The van der Waals surface area contributed by atoms with Gasteiger partial charge in [-0.25, -0.2) is 0 Å². The summed E-state index contributed by atoms with van der Waals surface area (Å²) in [5, 5.41) is 0. The van der Waals surface area contributed by atoms with Crippen molar-refractivity contribution < 1.29 is 4.79 Å². The number of ketones is 1. The molecule has 20 heavy (non-hydrogen) atoms. The van der Waals surface area contributed by atoms with E-state index in [1.165, 1.54) is 11.1 Å². The van der Waals surface area contributed by atoms with Crippen LogP contribution in [0.1, 0.15) is 46.5 Å². The van der Waals surface area contributed by atoms with Crippen molar-refractivity contribution in [1.82, 2.24) is 0 Å². The molecule has 0 aliphatic heterocycles. The molecule has 0 aromatic carbocycles. The minimum absolute atomic E-state index is 0.0648. The van der Waals surface area contributed by atoms with Gasteiger partial charge in [0.05, 0.1) is 0 Å². The van der Waals surface area contributed by atoms with Gasteiger partial charge in [0, 0.05) is 18.8 Å². The number of hydrogen-bond acceptors (Lipinski definition) is 1. The van der Waals surface area contributed by atoms with E-state index < -0.39 is 0 Å². The Morgan fingerprint density at radius 3 is 2.55 bits per heavy atom. The zero-order valence-electron chi connectivity index (χ0n) is 12.8. The number of rotatable bonds is 1. The molecule has 106 valence electrons. The number of allylic oxidation sites excluding steroid dienone is 8. The second-order valence-corrected chi connectivity index (χ2v) is 7.72. The molecule has 3 aliphatic rings. The van der Waals surface area contributed by atoms with Crippen molar-refractivity contribution in [2.45, 2.75) is 46.5 Å². The van der Waals surface area contributed by atoms with Crippen LogP contribution >= 0.6 is 0 Å². The van der Waals surface area contributed by atoms with Gasteiger partial charge in [-0.1, -0.05) is 57.2 Å². The number of carbonyl (C=O) groups is 1. The van der Waals surface area contributed by atoms with Crippen LogP contribution in [0.4, 0.5) is 0 Å². The molecule has 3 rings (SSSR count). The Hall–Kier alpha value is -1.37. The van der Waals surface area contributed by atoms with Crippen molar-refractivity contribution >= 4 is 5.78 Å². The first kappa shape index (κ1) is 13.6. The van der Waals surface area contributed by atoms with Gasteiger partial charge in [0.25, 0.3) is 0 Å². The van der Waals surface area contributed by atoms with Gasteiger partial charge in [-0.05, 0) is 34.8 Å². The highest BCUT2D eigenvalue weighted by molar-refractivity contribution is 5.81. The van der Waals surface area contributed by atoms with Crippen LogP contribution in [0.15, 0.2) is 47.6 Å². The van der Waals surface area contributed by atoms with E-state index in [0.29, 0.717) is 11.7 Å². The molecule has 0 amide bonds. The van der Waals surface area contributed by atoms with E-state index >= 15 is 0 Å². The first-order chi connectivity index (χ1) is 9.38. The maximum atomic E-state index is 12.1. The lowest BCUT2D eigenvalue weighted by atomic mass is 9.59. The summed E-state index contributed by atoms with van der Waals surface area (Å²) in [6.45, 7) is 6.75. The third-order valence-corrected chi connectivity index (χ3v) is 4.96. The molecule has 0 saturated heterocycles. The van der Waals surface area contributed by atoms with E-state index in [1.807, 2.05) is 0 Å². The van der Waals surface area contributed by atoms with Crippen LogP contribution < -0.4 is 0 Å². The van der Waals surface area contributed by atoms with Gasteiger partial charge in [-0.3, -0.25) is 4.79 Å². The smallest absolute Gasteiger partial charge is 0.134 e. The molecule has 0 spiro atoms. The van der Waals surface area contributed by atoms with Gasteiger partial charge in [0.2, 0.25) is 0 Å². The van der Waals surface area contributed by atoms with Crippen LogP contribution in [0.3, 0.4) is 0 Å². The summed E-state index contributed by atoms with van der Waals surface area (Å²) in [6, 6.07) is 0. The molecule has 0 N–H and O–H groups in total. The maximum absolute atomic E-state index is 12.1. The predicted octanol–water partition coefficient (Wildman–Crippen LogP) is 4.77. The highest BCUT2D eigenvalue weighted by atomic mass is 16.1. The monoisotopic (exact) mass is 268 g/mol. The summed E-state index contributed by atoms with van der Waals surface area (Å²) in [4.78, 5) is 12.1. The molecule has 1 fully saturated rings. The first-order valence-electron chi connectivity index (χ1n) is 7.66. The molecule has 2 atom stereocenters. The largest absolute Gasteiger partial charge is 0.300 e. The topological polar surface area (TPSA) is 17.1 Å². The van der Waals surface area contributed by atoms with E-state index in [1.54, 1.807) is 0 Å². The van der Waals surface area contributed by atoms with Crippen molar-refractivity contribution in [2.75, 3.05) is 0 Å². The Bertz CT molecular complexity index is 556. The summed E-state index contributed by atoms with van der Waals surface area (Å²) in [5.74, 6) is 0.792. The second kappa shape index (κ2) is 4.58. The molecule has 2 unspecified atom stereocenters. The van der Waals surface area contributed by atoms with Crippen LogP contribution in [0.5, 0.6) is 0 Å². The van der Waals surface area contributed by atoms with Gasteiger partial charge < -0.3 is 0 Å². The van der Waals surface area contributed by atoms with Crippen molar-refractivity contribution in [3.8, 4) is 0 Å². The zero-order chi connectivity index (χ0) is 14.4. The minimum Gasteiger partial charge on any atom is -0.300 e. The maximum Gasteiger partial charge on any atom is 0.134 e. The van der Waals surface area contributed by atoms with Crippen molar-refractivity contribution in [1.29, 1.82) is 0 Å². The fraction of sp³-hybridized carbons (Fsp3) is 0.526. The van der Waals surface area contributed by atoms with Gasteiger partial charge in [-0.2, -0.15) is 0 Å². The average Bonchev–Trinajstić information content (AvgIpc) is 2.64. The fourth-order valence-corrected chi connectivity index (χ4v) is 4.32. The third kappa shape index (κ3) is 2.46. The van der Waals surface area contributed by atoms with E-state index in [0.717, 1.165) is 25.7 Å². The molecule has 3 aliphatic carbocycles. The Kier molecular flexibility index (Phi) is 3.12. The Labute approximate surface area is 122 Å². The fourth-order valence-electron chi connectivity index (χ4n) is 4.32. The van der Waals surface area contributed by atoms with Crippen LogP contribution in [0.2, 0.25) is 0 Å². The van der Waals surface area contributed by atoms with E-state index in [4.69, 9.17) is 0 Å². The highest BCUT2D eigenvalue weighted by Gasteiger charge is 2.43. The summed E-state index contributed by atoms with van der Waals surface area (Å²) < 4.78 is 0. The molecule has 1 heteroatoms. The predicted molar refractivity (Wildman–Crippen MR) is 83.3 cm³/mol. The molecule has 0 aromatic heterocycles. The zero-order valence-corrected chi connectivity index (χ0v) is 12.8. The molecular weight excluding hydrogens is 244 g/mol. The van der Waals surface area contributed by atoms with E-state index in [9.17, 15) is 4.79 Å². The lowest BCUT2D eigenvalue weighted by Gasteiger charge is -2.45. The summed E-state index contributed by atoms with van der Waals surface area (Å²) >= 11 is 0. The third-order valence-electron chi connectivity index (χ3n) is 4.96. The lowest BCUT2D eigenvalue weighted by molar-refractivity contribution is -0.128. The molecule has 0 aromatic rings. The highest BCUT2D eigenvalue weighted by Crippen LogP contribution is 2.50. The van der Waals surface area contributed by atoms with E-state index in [-0.39, 0.29) is 10.8 Å². The van der Waals surface area contributed by atoms with Gasteiger partial charge in [-0.15, -0.1) is 0 Å². The molecule has 1 saturated carbocycles. The summed E-state index contributed by atoms with van der Waals surface area (Å²) in [5.41, 5.74) is 2.95. The van der Waals surface area contributed by atoms with Crippen LogP contribution in [0.25, 0.3) is 0 Å². The molecule has 0 bridgehead atoms. The standard InChI is InChI=1S/C19H24O/c1-18(2)11-17(20)12-19(3,13-18)16-9-7-14-5-4-6-15(14)8-10-16/h4-5,7-10,16H,6,11-13H2,1-3H3. The Balaban J connectivity index is 1.88. The lowest BCUT2D eigenvalue weighted by Crippen LogP contribution is -2.39. The summed E-state index contributed by atoms with van der Waals surface area (Å²) in [7, 11) is 0. The van der Waals surface area contributed by atoms with Crippen molar-refractivity contribution in [3.63, 3.8) is 0 Å². The normalized spacial score (nSPS) is 35.4. The number of carbonyl (C=O) groups excluding carboxylic acids is 1. The number of hydrogen-bond donors (Lipinski definition) is 0. The SMILES string of the molecule is CC1(C)CC(=O)CC(C)(C2C=CC3=C(C=C2)CC=C3)C1. The first-order valence-corrected chi connectivity index (χ1v) is 7.66.